The van der Waals surface area contributed by atoms with E-state index < -0.39 is 0 Å². The highest BCUT2D eigenvalue weighted by atomic mass is 16.5. The second-order valence-electron chi connectivity index (χ2n) is 7.75. The highest BCUT2D eigenvalue weighted by Crippen LogP contribution is 2.23. The molecule has 0 aliphatic carbocycles. The maximum Gasteiger partial charge on any atom is 0.213 e. The van der Waals surface area contributed by atoms with Crippen molar-refractivity contribution in [3.05, 3.63) is 102 Å². The van der Waals surface area contributed by atoms with Crippen molar-refractivity contribution < 1.29 is 9.47 Å². The lowest BCUT2D eigenvalue weighted by molar-refractivity contribution is 0.301. The molecule has 4 aromatic rings. The molecule has 0 spiro atoms. The molecule has 2 aromatic heterocycles. The highest BCUT2D eigenvalue weighted by molar-refractivity contribution is 5.63. The van der Waals surface area contributed by atoms with Gasteiger partial charge in [-0.2, -0.15) is 0 Å². The minimum Gasteiger partial charge on any atom is -0.487 e. The minimum atomic E-state index is 0.433. The van der Waals surface area contributed by atoms with Crippen molar-refractivity contribution >= 4 is 5.69 Å². The lowest BCUT2D eigenvalue weighted by atomic mass is 10.1. The maximum atomic E-state index is 6.31. The van der Waals surface area contributed by atoms with Gasteiger partial charge in [0.2, 0.25) is 5.88 Å². The molecule has 0 amide bonds. The molecule has 0 radical (unpaired) electrons. The molecule has 196 valence electrons. The van der Waals surface area contributed by atoms with Crippen LogP contribution in [-0.2, 0) is 13.2 Å². The van der Waals surface area contributed by atoms with Crippen molar-refractivity contribution in [2.75, 3.05) is 11.6 Å². The number of ether oxygens (including phenoxy) is 2. The number of hydrogen-bond donors (Lipinski definition) is 1. The highest BCUT2D eigenvalue weighted by Gasteiger charge is 2.06. The Hall–Kier alpha value is -3.90. The van der Waals surface area contributed by atoms with Crippen molar-refractivity contribution in [2.45, 2.75) is 54.7 Å². The van der Waals surface area contributed by atoms with Gasteiger partial charge in [-0.05, 0) is 66.9 Å². The molecule has 2 N–H and O–H groups in total. The number of hydrazine groups is 1. The molecule has 0 aliphatic rings. The zero-order valence-electron chi connectivity index (χ0n) is 22.9. The standard InChI is InChI=1S/C27H28N4O2.2C2H6/c1-3-32-27-15-9-23(17-30-27)22-7-5-21(6-8-22)18-31(28)25-11-13-26(14-12-25)33-19-24-10-4-20(2)16-29-24;2*1-2/h4-17H,3,18-19,28H2,1-2H3;2*1-2H3. The number of nitrogens with zero attached hydrogens (tertiary/aromatic N) is 3. The summed E-state index contributed by atoms with van der Waals surface area (Å²) in [6.07, 6.45) is 3.67. The van der Waals surface area contributed by atoms with Crippen LogP contribution in [0.4, 0.5) is 5.69 Å². The molecule has 0 aliphatic heterocycles. The molecule has 0 bridgehead atoms. The molecule has 0 saturated heterocycles. The average molecular weight is 501 g/mol. The van der Waals surface area contributed by atoms with Gasteiger partial charge in [-0.25, -0.2) is 10.8 Å². The largest absolute Gasteiger partial charge is 0.487 e. The fourth-order valence-electron chi connectivity index (χ4n) is 3.35. The van der Waals surface area contributed by atoms with Crippen LogP contribution >= 0.6 is 0 Å². The Kier molecular flexibility index (Phi) is 12.7. The molecule has 2 heterocycles. The summed E-state index contributed by atoms with van der Waals surface area (Å²) in [4.78, 5) is 8.69. The average Bonchev–Trinajstić information content (AvgIpc) is 2.96. The van der Waals surface area contributed by atoms with E-state index in [-0.39, 0.29) is 0 Å². The van der Waals surface area contributed by atoms with Gasteiger partial charge in [0.1, 0.15) is 12.4 Å². The molecular weight excluding hydrogens is 460 g/mol. The van der Waals surface area contributed by atoms with Crippen molar-refractivity contribution in [1.29, 1.82) is 0 Å². The van der Waals surface area contributed by atoms with Crippen LogP contribution in [0.5, 0.6) is 11.6 Å². The van der Waals surface area contributed by atoms with E-state index in [9.17, 15) is 0 Å². The van der Waals surface area contributed by atoms with Crippen LogP contribution in [0, 0.1) is 6.92 Å². The normalized spacial score (nSPS) is 9.81. The van der Waals surface area contributed by atoms with E-state index >= 15 is 0 Å². The van der Waals surface area contributed by atoms with E-state index in [4.69, 9.17) is 15.3 Å². The number of nitrogens with two attached hydrogens (primary N) is 1. The first-order chi connectivity index (χ1) is 18.1. The first-order valence-corrected chi connectivity index (χ1v) is 13.0. The van der Waals surface area contributed by atoms with Crippen molar-refractivity contribution in [2.24, 2.45) is 5.84 Å². The number of pyridine rings is 2. The lowest BCUT2D eigenvalue weighted by Crippen LogP contribution is -2.29. The van der Waals surface area contributed by atoms with Crippen LogP contribution in [0.1, 0.15) is 51.4 Å². The predicted molar refractivity (Wildman–Crippen MR) is 154 cm³/mol. The molecule has 4 rings (SSSR count). The molecule has 6 heteroatoms. The number of aryl methyl sites for hydroxylation is 1. The molecular formula is C31H40N4O2. The van der Waals surface area contributed by atoms with Crippen molar-refractivity contribution in [3.63, 3.8) is 0 Å². The van der Waals surface area contributed by atoms with E-state index in [1.165, 1.54) is 0 Å². The fourth-order valence-corrected chi connectivity index (χ4v) is 3.35. The summed E-state index contributed by atoms with van der Waals surface area (Å²) >= 11 is 0. The SMILES string of the molecule is CC.CC.CCOc1ccc(-c2ccc(CN(N)c3ccc(OCc4ccc(C)cn4)cc3)cc2)cn1. The first-order valence-electron chi connectivity index (χ1n) is 13.0. The molecule has 0 unspecified atom stereocenters. The van der Waals surface area contributed by atoms with Crippen LogP contribution in [0.2, 0.25) is 0 Å². The second-order valence-corrected chi connectivity index (χ2v) is 7.75. The fraction of sp³-hybridized carbons (Fsp3) is 0.290. The number of benzene rings is 2. The van der Waals surface area contributed by atoms with Gasteiger partial charge in [-0.1, -0.05) is 58.0 Å². The Morgan fingerprint density at radius 1 is 0.730 bits per heavy atom. The summed E-state index contributed by atoms with van der Waals surface area (Å²) in [6, 6.07) is 24.0. The summed E-state index contributed by atoms with van der Waals surface area (Å²) in [5, 5.41) is 1.72. The quantitative estimate of drug-likeness (QED) is 0.191. The van der Waals surface area contributed by atoms with Crippen molar-refractivity contribution in [1.82, 2.24) is 9.97 Å². The molecule has 0 atom stereocenters. The van der Waals surface area contributed by atoms with Gasteiger partial charge < -0.3 is 14.5 Å². The molecule has 0 fully saturated rings. The van der Waals surface area contributed by atoms with Crippen LogP contribution in [0.15, 0.2) is 85.2 Å². The van der Waals surface area contributed by atoms with Crippen LogP contribution in [-0.4, -0.2) is 16.6 Å². The smallest absolute Gasteiger partial charge is 0.213 e. The Morgan fingerprint density at radius 3 is 1.97 bits per heavy atom. The Bertz CT molecular complexity index is 1140. The Labute approximate surface area is 222 Å². The summed E-state index contributed by atoms with van der Waals surface area (Å²) < 4.78 is 11.2. The monoisotopic (exact) mass is 500 g/mol. The topological polar surface area (TPSA) is 73.5 Å². The molecule has 0 saturated carbocycles. The van der Waals surface area contributed by atoms with Gasteiger partial charge in [-0.15, -0.1) is 0 Å². The third-order valence-electron chi connectivity index (χ3n) is 5.20. The first kappa shape index (κ1) is 29.3. The molecule has 2 aromatic carbocycles. The summed E-state index contributed by atoms with van der Waals surface area (Å²) in [6.45, 7) is 13.6. The van der Waals surface area contributed by atoms with E-state index in [1.54, 1.807) is 5.01 Å². The lowest BCUT2D eigenvalue weighted by Gasteiger charge is -2.19. The third kappa shape index (κ3) is 9.24. The summed E-state index contributed by atoms with van der Waals surface area (Å²) in [5.41, 5.74) is 6.21. The summed E-state index contributed by atoms with van der Waals surface area (Å²) in [5.74, 6) is 7.73. The van der Waals surface area contributed by atoms with E-state index in [1.807, 2.05) is 102 Å². The van der Waals surface area contributed by atoms with Gasteiger partial charge in [-0.3, -0.25) is 4.98 Å². The van der Waals surface area contributed by atoms with E-state index in [0.717, 1.165) is 39.4 Å². The number of aromatic nitrogens is 2. The number of anilines is 1. The number of rotatable bonds is 9. The van der Waals surface area contributed by atoms with E-state index in [0.29, 0.717) is 25.6 Å². The molecule has 37 heavy (non-hydrogen) atoms. The number of hydrogen-bond acceptors (Lipinski definition) is 6. The Balaban J connectivity index is 0.00000115. The zero-order chi connectivity index (χ0) is 27.0. The summed E-state index contributed by atoms with van der Waals surface area (Å²) in [7, 11) is 0. The van der Waals surface area contributed by atoms with Crippen LogP contribution in [0.25, 0.3) is 11.1 Å². The zero-order valence-corrected chi connectivity index (χ0v) is 22.9. The third-order valence-corrected chi connectivity index (χ3v) is 5.20. The van der Waals surface area contributed by atoms with E-state index in [2.05, 4.69) is 34.2 Å². The van der Waals surface area contributed by atoms with Gasteiger partial charge in [0.25, 0.3) is 0 Å². The molecule has 6 nitrogen and oxygen atoms in total. The van der Waals surface area contributed by atoms with Crippen LogP contribution in [0.3, 0.4) is 0 Å². The van der Waals surface area contributed by atoms with Gasteiger partial charge in [0.05, 0.1) is 24.5 Å². The minimum absolute atomic E-state index is 0.433. The van der Waals surface area contributed by atoms with Crippen LogP contribution < -0.4 is 20.3 Å². The van der Waals surface area contributed by atoms with Gasteiger partial charge >= 0.3 is 0 Å². The maximum absolute atomic E-state index is 6.31. The predicted octanol–water partition coefficient (Wildman–Crippen LogP) is 7.36. The Morgan fingerprint density at radius 2 is 1.41 bits per heavy atom. The second kappa shape index (κ2) is 16.0. The van der Waals surface area contributed by atoms with Gasteiger partial charge in [0, 0.05) is 24.0 Å². The van der Waals surface area contributed by atoms with Crippen molar-refractivity contribution in [3.8, 4) is 22.8 Å². The van der Waals surface area contributed by atoms with Gasteiger partial charge in [0.15, 0.2) is 0 Å².